The quantitative estimate of drug-likeness (QED) is 0.802. The van der Waals surface area contributed by atoms with Crippen molar-refractivity contribution in [2.75, 3.05) is 6.54 Å². The summed E-state index contributed by atoms with van der Waals surface area (Å²) < 4.78 is 13.2. The highest BCUT2D eigenvalue weighted by molar-refractivity contribution is 5.22. The van der Waals surface area contributed by atoms with Gasteiger partial charge in [0.25, 0.3) is 0 Å². The van der Waals surface area contributed by atoms with Crippen LogP contribution in [0.3, 0.4) is 0 Å². The van der Waals surface area contributed by atoms with Gasteiger partial charge in [-0.3, -0.25) is 0 Å². The highest BCUT2D eigenvalue weighted by atomic mass is 19.1. The van der Waals surface area contributed by atoms with Crippen LogP contribution in [0.2, 0.25) is 0 Å². The maximum absolute atomic E-state index is 13.2. The van der Waals surface area contributed by atoms with Gasteiger partial charge in [-0.15, -0.1) is 0 Å². The van der Waals surface area contributed by atoms with Gasteiger partial charge < -0.3 is 5.32 Å². The van der Waals surface area contributed by atoms with E-state index in [0.717, 1.165) is 24.4 Å². The van der Waals surface area contributed by atoms with E-state index in [1.54, 1.807) is 12.1 Å². The topological polar surface area (TPSA) is 12.0 Å². The second kappa shape index (κ2) is 4.96. The number of hydrogen-bond acceptors (Lipinski definition) is 1. The molecule has 0 amide bonds. The van der Waals surface area contributed by atoms with E-state index in [0.29, 0.717) is 12.0 Å². The van der Waals surface area contributed by atoms with Crippen LogP contribution in [-0.4, -0.2) is 6.54 Å². The minimum Gasteiger partial charge on any atom is -0.310 e. The summed E-state index contributed by atoms with van der Waals surface area (Å²) >= 11 is 0. The largest absolute Gasteiger partial charge is 0.310 e. The first-order valence-corrected chi connectivity index (χ1v) is 6.21. The van der Waals surface area contributed by atoms with E-state index >= 15 is 0 Å². The Hall–Kier alpha value is -0.890. The third kappa shape index (κ3) is 2.62. The van der Waals surface area contributed by atoms with Gasteiger partial charge in [-0.1, -0.05) is 26.0 Å². The van der Waals surface area contributed by atoms with Gasteiger partial charge in [-0.05, 0) is 48.9 Å². The summed E-state index contributed by atoms with van der Waals surface area (Å²) in [6.45, 7) is 5.43. The fraction of sp³-hybridized carbons (Fsp3) is 0.571. The highest BCUT2D eigenvalue weighted by Crippen LogP contribution is 2.46. The van der Waals surface area contributed by atoms with Gasteiger partial charge in [-0.25, -0.2) is 4.39 Å². The van der Waals surface area contributed by atoms with Crippen LogP contribution in [0.25, 0.3) is 0 Å². The molecule has 1 saturated carbocycles. The third-order valence-corrected chi connectivity index (χ3v) is 3.42. The maximum Gasteiger partial charge on any atom is 0.123 e. The van der Waals surface area contributed by atoms with Gasteiger partial charge >= 0.3 is 0 Å². The van der Waals surface area contributed by atoms with E-state index < -0.39 is 0 Å². The SMILES string of the molecule is CCCNC(c1cccc(F)c1)C1CC1C. The van der Waals surface area contributed by atoms with Crippen LogP contribution in [0, 0.1) is 17.7 Å². The minimum atomic E-state index is -0.130. The summed E-state index contributed by atoms with van der Waals surface area (Å²) in [5.41, 5.74) is 1.10. The Kier molecular flexibility index (Phi) is 3.59. The summed E-state index contributed by atoms with van der Waals surface area (Å²) in [5.74, 6) is 1.33. The molecule has 2 rings (SSSR count). The second-order valence-electron chi connectivity index (χ2n) is 4.86. The first kappa shape index (κ1) is 11.6. The van der Waals surface area contributed by atoms with Crippen LogP contribution in [0.5, 0.6) is 0 Å². The Labute approximate surface area is 97.1 Å². The number of benzene rings is 1. The molecule has 0 bridgehead atoms. The zero-order chi connectivity index (χ0) is 11.5. The first-order chi connectivity index (χ1) is 7.72. The van der Waals surface area contributed by atoms with E-state index in [4.69, 9.17) is 0 Å². The fourth-order valence-electron chi connectivity index (χ4n) is 2.33. The van der Waals surface area contributed by atoms with Gasteiger partial charge in [0.2, 0.25) is 0 Å². The van der Waals surface area contributed by atoms with Crippen molar-refractivity contribution in [1.29, 1.82) is 0 Å². The molecule has 16 heavy (non-hydrogen) atoms. The molecular formula is C14H20FN. The van der Waals surface area contributed by atoms with Crippen molar-refractivity contribution in [2.24, 2.45) is 11.8 Å². The second-order valence-corrected chi connectivity index (χ2v) is 4.86. The number of rotatable bonds is 5. The van der Waals surface area contributed by atoms with Crippen molar-refractivity contribution in [2.45, 2.75) is 32.7 Å². The summed E-state index contributed by atoms with van der Waals surface area (Å²) in [6, 6.07) is 7.35. The van der Waals surface area contributed by atoms with Crippen molar-refractivity contribution in [1.82, 2.24) is 5.32 Å². The van der Waals surface area contributed by atoms with Gasteiger partial charge in [0.15, 0.2) is 0 Å². The Morgan fingerprint density at radius 1 is 1.50 bits per heavy atom. The predicted octanol–water partition coefficient (Wildman–Crippen LogP) is 3.52. The van der Waals surface area contributed by atoms with E-state index in [1.807, 2.05) is 6.07 Å². The van der Waals surface area contributed by atoms with Gasteiger partial charge in [0, 0.05) is 6.04 Å². The Morgan fingerprint density at radius 3 is 2.81 bits per heavy atom. The minimum absolute atomic E-state index is 0.130. The molecule has 88 valence electrons. The lowest BCUT2D eigenvalue weighted by molar-refractivity contribution is 0.460. The average Bonchev–Trinajstić information content (AvgIpc) is 2.96. The monoisotopic (exact) mass is 221 g/mol. The Balaban J connectivity index is 2.11. The molecule has 0 aliphatic heterocycles. The molecule has 0 saturated heterocycles. The van der Waals surface area contributed by atoms with Crippen molar-refractivity contribution in [3.8, 4) is 0 Å². The van der Waals surface area contributed by atoms with Gasteiger partial charge in [-0.2, -0.15) is 0 Å². The van der Waals surface area contributed by atoms with Crippen molar-refractivity contribution in [3.63, 3.8) is 0 Å². The lowest BCUT2D eigenvalue weighted by Crippen LogP contribution is -2.24. The summed E-state index contributed by atoms with van der Waals surface area (Å²) in [7, 11) is 0. The normalized spacial score (nSPS) is 25.4. The molecule has 0 heterocycles. The molecule has 2 heteroatoms. The molecular weight excluding hydrogens is 201 g/mol. The van der Waals surface area contributed by atoms with E-state index in [1.165, 1.54) is 12.5 Å². The van der Waals surface area contributed by atoms with Crippen LogP contribution in [-0.2, 0) is 0 Å². The van der Waals surface area contributed by atoms with E-state index in [2.05, 4.69) is 19.2 Å². The maximum atomic E-state index is 13.2. The molecule has 1 aromatic rings. The van der Waals surface area contributed by atoms with Crippen LogP contribution in [0.15, 0.2) is 24.3 Å². The van der Waals surface area contributed by atoms with E-state index in [-0.39, 0.29) is 5.82 Å². The highest BCUT2D eigenvalue weighted by Gasteiger charge is 2.39. The number of hydrogen-bond donors (Lipinski definition) is 1. The van der Waals surface area contributed by atoms with Crippen LogP contribution in [0.4, 0.5) is 4.39 Å². The smallest absolute Gasteiger partial charge is 0.123 e. The molecule has 1 fully saturated rings. The molecule has 1 aliphatic carbocycles. The molecule has 3 unspecified atom stereocenters. The molecule has 1 nitrogen and oxygen atoms in total. The summed E-state index contributed by atoms with van der Waals surface area (Å²) in [4.78, 5) is 0. The molecule has 1 N–H and O–H groups in total. The fourth-order valence-corrected chi connectivity index (χ4v) is 2.33. The van der Waals surface area contributed by atoms with Gasteiger partial charge in [0.05, 0.1) is 0 Å². The molecule has 1 aliphatic rings. The summed E-state index contributed by atoms with van der Waals surface area (Å²) in [5, 5.41) is 3.54. The summed E-state index contributed by atoms with van der Waals surface area (Å²) in [6.07, 6.45) is 2.38. The molecule has 0 aromatic heterocycles. The van der Waals surface area contributed by atoms with Crippen molar-refractivity contribution < 1.29 is 4.39 Å². The third-order valence-electron chi connectivity index (χ3n) is 3.42. The van der Waals surface area contributed by atoms with Crippen LogP contribution < -0.4 is 5.32 Å². The number of nitrogens with one attached hydrogen (secondary N) is 1. The molecule has 3 atom stereocenters. The molecule has 0 spiro atoms. The zero-order valence-corrected chi connectivity index (χ0v) is 10.0. The van der Waals surface area contributed by atoms with E-state index in [9.17, 15) is 4.39 Å². The Bertz CT molecular complexity index is 350. The number of halogens is 1. The van der Waals surface area contributed by atoms with Gasteiger partial charge in [0.1, 0.15) is 5.82 Å². The Morgan fingerprint density at radius 2 is 2.25 bits per heavy atom. The lowest BCUT2D eigenvalue weighted by atomic mass is 10.0. The molecule has 0 radical (unpaired) electrons. The lowest BCUT2D eigenvalue weighted by Gasteiger charge is -2.19. The standard InChI is InChI=1S/C14H20FN/c1-3-7-16-14(13-8-10(13)2)11-5-4-6-12(15)9-11/h4-6,9-10,13-14,16H,3,7-8H2,1-2H3. The first-order valence-electron chi connectivity index (χ1n) is 6.21. The predicted molar refractivity (Wildman–Crippen MR) is 64.7 cm³/mol. The van der Waals surface area contributed by atoms with Crippen molar-refractivity contribution in [3.05, 3.63) is 35.6 Å². The van der Waals surface area contributed by atoms with Crippen LogP contribution in [0.1, 0.15) is 38.3 Å². The zero-order valence-electron chi connectivity index (χ0n) is 10.0. The van der Waals surface area contributed by atoms with Crippen molar-refractivity contribution >= 4 is 0 Å². The molecule has 1 aromatic carbocycles. The average molecular weight is 221 g/mol. The van der Waals surface area contributed by atoms with Crippen LogP contribution >= 0.6 is 0 Å².